The van der Waals surface area contributed by atoms with Crippen molar-refractivity contribution in [2.75, 3.05) is 51.3 Å². The van der Waals surface area contributed by atoms with Gasteiger partial charge in [0.2, 0.25) is 0 Å². The first-order valence-electron chi connectivity index (χ1n) is 12.3. The van der Waals surface area contributed by atoms with Crippen molar-refractivity contribution in [3.05, 3.63) is 27.8 Å². The number of benzene rings is 1. The molecule has 12 heteroatoms. The first kappa shape index (κ1) is 28.0. The Bertz CT molecular complexity index is 919. The van der Waals surface area contributed by atoms with E-state index >= 15 is 0 Å². The number of methoxy groups -OCH3 is 1. The minimum atomic E-state index is -5.08. The molecule has 3 fully saturated rings. The molecule has 4 rings (SSSR count). The standard InChI is InChI=1S/C22H34N4O3.C2HF3O2/c1-17-15-20(26(27)28)21(29-2)16-19(17)25-13-7-22(8-14-25)5-11-24(12-6-22)18-3-9-23-10-4-18;3-2(4,5)1(6)7/h15-16,18,23H,3-14H2,1-2H3;(H,6,7). The summed E-state index contributed by atoms with van der Waals surface area (Å²) in [5.74, 6) is -2.40. The number of carboxylic acid groups (broad SMARTS) is 1. The van der Waals surface area contributed by atoms with Crippen LogP contribution in [0, 0.1) is 22.5 Å². The fourth-order valence-corrected chi connectivity index (χ4v) is 5.57. The second-order valence-corrected chi connectivity index (χ2v) is 9.87. The summed E-state index contributed by atoms with van der Waals surface area (Å²) in [7, 11) is 1.50. The monoisotopic (exact) mass is 516 g/mol. The smallest absolute Gasteiger partial charge is 0.490 e. The van der Waals surface area contributed by atoms with E-state index in [2.05, 4.69) is 15.1 Å². The molecule has 0 aromatic heterocycles. The zero-order valence-corrected chi connectivity index (χ0v) is 20.8. The summed E-state index contributed by atoms with van der Waals surface area (Å²) in [5, 5.41) is 21.9. The molecule has 1 aromatic rings. The van der Waals surface area contributed by atoms with Crippen molar-refractivity contribution in [3.8, 4) is 5.75 Å². The van der Waals surface area contributed by atoms with Crippen molar-refractivity contribution in [3.63, 3.8) is 0 Å². The number of halogens is 3. The van der Waals surface area contributed by atoms with Crippen LogP contribution in [0.25, 0.3) is 0 Å². The second-order valence-electron chi connectivity index (χ2n) is 9.87. The minimum absolute atomic E-state index is 0.0486. The number of nitro benzene ring substituents is 1. The molecule has 3 aliphatic rings. The molecule has 36 heavy (non-hydrogen) atoms. The Balaban J connectivity index is 0.000000454. The highest BCUT2D eigenvalue weighted by atomic mass is 19.4. The molecule has 1 spiro atoms. The van der Waals surface area contributed by atoms with Crippen molar-refractivity contribution in [1.82, 2.24) is 10.2 Å². The van der Waals surface area contributed by atoms with Gasteiger partial charge in [-0.2, -0.15) is 13.2 Å². The van der Waals surface area contributed by atoms with Crippen LogP contribution in [-0.4, -0.2) is 79.5 Å². The molecule has 0 aliphatic carbocycles. The molecule has 0 radical (unpaired) electrons. The molecule has 0 atom stereocenters. The van der Waals surface area contributed by atoms with Crippen LogP contribution in [0.1, 0.15) is 44.1 Å². The van der Waals surface area contributed by atoms with Gasteiger partial charge in [0.15, 0.2) is 5.75 Å². The fourth-order valence-electron chi connectivity index (χ4n) is 5.57. The normalized spacial score (nSPS) is 21.0. The first-order chi connectivity index (χ1) is 17.0. The number of aryl methyl sites for hydroxylation is 1. The number of anilines is 1. The Kier molecular flexibility index (Phi) is 9.04. The predicted molar refractivity (Wildman–Crippen MR) is 129 cm³/mol. The lowest BCUT2D eigenvalue weighted by atomic mass is 9.70. The molecule has 3 heterocycles. The highest BCUT2D eigenvalue weighted by Crippen LogP contribution is 2.44. The van der Waals surface area contributed by atoms with Crippen molar-refractivity contribution in [2.45, 2.75) is 57.7 Å². The summed E-state index contributed by atoms with van der Waals surface area (Å²) in [4.78, 5) is 24.9. The van der Waals surface area contributed by atoms with E-state index in [4.69, 9.17) is 14.6 Å². The van der Waals surface area contributed by atoms with Crippen molar-refractivity contribution < 1.29 is 32.7 Å². The van der Waals surface area contributed by atoms with Crippen molar-refractivity contribution in [2.24, 2.45) is 5.41 Å². The van der Waals surface area contributed by atoms with Crippen LogP contribution >= 0.6 is 0 Å². The third kappa shape index (κ3) is 6.78. The molecule has 3 saturated heterocycles. The average molecular weight is 517 g/mol. The lowest BCUT2D eigenvalue weighted by Gasteiger charge is -2.49. The summed E-state index contributed by atoms with van der Waals surface area (Å²) in [5.41, 5.74) is 2.56. The number of hydrogen-bond donors (Lipinski definition) is 2. The van der Waals surface area contributed by atoms with Gasteiger partial charge in [0.1, 0.15) is 0 Å². The number of aliphatic carboxylic acids is 1. The summed E-state index contributed by atoms with van der Waals surface area (Å²) >= 11 is 0. The summed E-state index contributed by atoms with van der Waals surface area (Å²) in [6.45, 7) is 8.83. The molecular formula is C24H35F3N4O5. The predicted octanol–water partition coefficient (Wildman–Crippen LogP) is 3.98. The minimum Gasteiger partial charge on any atom is -0.490 e. The number of ether oxygens (including phenoxy) is 1. The van der Waals surface area contributed by atoms with Crippen molar-refractivity contribution >= 4 is 17.3 Å². The van der Waals surface area contributed by atoms with Gasteiger partial charge in [0.25, 0.3) is 0 Å². The maximum Gasteiger partial charge on any atom is 0.490 e. The highest BCUT2D eigenvalue weighted by molar-refractivity contribution is 5.73. The Morgan fingerprint density at radius 3 is 2.14 bits per heavy atom. The van der Waals surface area contributed by atoms with Crippen LogP contribution in [0.4, 0.5) is 24.5 Å². The Morgan fingerprint density at radius 2 is 1.67 bits per heavy atom. The molecule has 202 valence electrons. The fraction of sp³-hybridized carbons (Fsp3) is 0.708. The number of nitrogens with zero attached hydrogens (tertiary/aromatic N) is 3. The molecule has 0 unspecified atom stereocenters. The quantitative estimate of drug-likeness (QED) is 0.457. The molecule has 1 aromatic carbocycles. The maximum atomic E-state index is 11.3. The van der Waals surface area contributed by atoms with Gasteiger partial charge in [-0.15, -0.1) is 0 Å². The number of carboxylic acids is 1. The maximum absolute atomic E-state index is 11.3. The Labute approximate surface area is 208 Å². The average Bonchev–Trinajstić information content (AvgIpc) is 2.85. The van der Waals surface area contributed by atoms with Gasteiger partial charge in [0.05, 0.1) is 12.0 Å². The summed E-state index contributed by atoms with van der Waals surface area (Å²) in [6, 6.07) is 4.28. The summed E-state index contributed by atoms with van der Waals surface area (Å²) in [6.07, 6.45) is 2.56. The van der Waals surface area contributed by atoms with Gasteiger partial charge < -0.3 is 25.0 Å². The van der Waals surface area contributed by atoms with E-state index in [0.29, 0.717) is 11.2 Å². The summed E-state index contributed by atoms with van der Waals surface area (Å²) < 4.78 is 37.0. The molecule has 3 aliphatic heterocycles. The Hall–Kier alpha value is -2.60. The van der Waals surface area contributed by atoms with Gasteiger partial charge in [0, 0.05) is 37.0 Å². The van der Waals surface area contributed by atoms with Crippen LogP contribution in [-0.2, 0) is 4.79 Å². The topological polar surface area (TPSA) is 108 Å². The number of nitrogens with one attached hydrogen (secondary N) is 1. The van der Waals surface area contributed by atoms with E-state index in [-0.39, 0.29) is 10.6 Å². The van der Waals surface area contributed by atoms with E-state index in [1.165, 1.54) is 71.8 Å². The van der Waals surface area contributed by atoms with Gasteiger partial charge >= 0.3 is 17.8 Å². The number of piperidine rings is 3. The molecule has 2 N–H and O–H groups in total. The third-order valence-corrected chi connectivity index (χ3v) is 7.79. The van der Waals surface area contributed by atoms with Crippen LogP contribution < -0.4 is 15.0 Å². The largest absolute Gasteiger partial charge is 0.490 e. The van der Waals surface area contributed by atoms with Crippen LogP contribution in [0.15, 0.2) is 12.1 Å². The third-order valence-electron chi connectivity index (χ3n) is 7.79. The Morgan fingerprint density at radius 1 is 1.14 bits per heavy atom. The van der Waals surface area contributed by atoms with Gasteiger partial charge in [-0.25, -0.2) is 4.79 Å². The number of hydrogen-bond acceptors (Lipinski definition) is 7. The molecule has 0 bridgehead atoms. The highest BCUT2D eigenvalue weighted by Gasteiger charge is 2.40. The number of nitro groups is 1. The molecule has 0 saturated carbocycles. The molecule has 9 nitrogen and oxygen atoms in total. The van der Waals surface area contributed by atoms with Crippen LogP contribution in [0.2, 0.25) is 0 Å². The zero-order valence-electron chi connectivity index (χ0n) is 20.8. The molecule has 0 amide bonds. The van der Waals surface area contributed by atoms with E-state index < -0.39 is 12.1 Å². The van der Waals surface area contributed by atoms with E-state index in [1.54, 1.807) is 6.07 Å². The number of likely N-dealkylation sites (tertiary alicyclic amines) is 1. The van der Waals surface area contributed by atoms with Crippen molar-refractivity contribution in [1.29, 1.82) is 0 Å². The van der Waals surface area contributed by atoms with Crippen LogP contribution in [0.3, 0.4) is 0 Å². The zero-order chi connectivity index (χ0) is 26.5. The van der Waals surface area contributed by atoms with Gasteiger partial charge in [-0.3, -0.25) is 10.1 Å². The van der Waals surface area contributed by atoms with E-state index in [1.807, 2.05) is 13.0 Å². The van der Waals surface area contributed by atoms with Gasteiger partial charge in [-0.1, -0.05) is 0 Å². The number of carbonyl (C=O) groups is 1. The number of rotatable bonds is 4. The molecular weight excluding hydrogens is 481 g/mol. The lowest BCUT2D eigenvalue weighted by molar-refractivity contribution is -0.385. The van der Waals surface area contributed by atoms with Gasteiger partial charge in [-0.05, 0) is 82.6 Å². The first-order valence-corrected chi connectivity index (χ1v) is 12.3. The second kappa shape index (κ2) is 11.6. The van der Waals surface area contributed by atoms with Crippen LogP contribution in [0.5, 0.6) is 5.75 Å². The lowest BCUT2D eigenvalue weighted by Crippen LogP contribution is -2.51. The number of alkyl halides is 3. The van der Waals surface area contributed by atoms with E-state index in [9.17, 15) is 23.3 Å². The van der Waals surface area contributed by atoms with E-state index in [0.717, 1.165) is 30.4 Å². The SMILES string of the molecule is COc1cc(N2CCC3(CC2)CCN(C2CCNCC2)CC3)c(C)cc1[N+](=O)[O-].O=C(O)C(F)(F)F.